The lowest BCUT2D eigenvalue weighted by Crippen LogP contribution is -2.45. The smallest absolute Gasteiger partial charge is 0.0192 e. The van der Waals surface area contributed by atoms with Gasteiger partial charge in [-0.1, -0.05) is 38.5 Å². The molecule has 2 fully saturated rings. The van der Waals surface area contributed by atoms with E-state index >= 15 is 0 Å². The van der Waals surface area contributed by atoms with Gasteiger partial charge in [0, 0.05) is 18.6 Å². The molecule has 1 atom stereocenters. The highest BCUT2D eigenvalue weighted by Crippen LogP contribution is 2.18. The van der Waals surface area contributed by atoms with Gasteiger partial charge in [-0.15, -0.1) is 0 Å². The predicted octanol–water partition coefficient (Wildman–Crippen LogP) is 3.56. The van der Waals surface area contributed by atoms with Crippen molar-refractivity contribution in [3.63, 3.8) is 0 Å². The van der Waals surface area contributed by atoms with E-state index in [1.165, 1.54) is 83.8 Å². The molecule has 2 rings (SSSR count). The van der Waals surface area contributed by atoms with Gasteiger partial charge >= 0.3 is 0 Å². The molecule has 1 saturated carbocycles. The molecule has 106 valence electrons. The van der Waals surface area contributed by atoms with Crippen molar-refractivity contribution >= 4 is 0 Å². The highest BCUT2D eigenvalue weighted by molar-refractivity contribution is 4.77. The molecule has 2 aliphatic rings. The molecule has 0 radical (unpaired) electrons. The first-order valence-electron chi connectivity index (χ1n) is 8.33. The van der Waals surface area contributed by atoms with Gasteiger partial charge in [0.2, 0.25) is 0 Å². The summed E-state index contributed by atoms with van der Waals surface area (Å²) in [6.07, 6.45) is 14.3. The third kappa shape index (κ3) is 4.89. The highest BCUT2D eigenvalue weighted by Gasteiger charge is 2.17. The van der Waals surface area contributed by atoms with E-state index < -0.39 is 0 Å². The van der Waals surface area contributed by atoms with E-state index in [9.17, 15) is 0 Å². The number of hydrogen-bond donors (Lipinski definition) is 1. The average Bonchev–Trinajstić information content (AvgIpc) is 2.37. The first-order chi connectivity index (χ1) is 8.86. The summed E-state index contributed by atoms with van der Waals surface area (Å²) in [7, 11) is 0. The average molecular weight is 252 g/mol. The van der Waals surface area contributed by atoms with Crippen molar-refractivity contribution in [2.75, 3.05) is 19.6 Å². The summed E-state index contributed by atoms with van der Waals surface area (Å²) in [6.45, 7) is 6.27. The molecular weight excluding hydrogens is 220 g/mol. The summed E-state index contributed by atoms with van der Waals surface area (Å²) in [4.78, 5) is 2.72. The number of hydrogen-bond acceptors (Lipinski definition) is 2. The molecule has 1 N–H and O–H groups in total. The molecule has 1 aliphatic heterocycles. The molecule has 2 nitrogen and oxygen atoms in total. The van der Waals surface area contributed by atoms with Crippen molar-refractivity contribution in [3.05, 3.63) is 0 Å². The molecule has 1 heterocycles. The van der Waals surface area contributed by atoms with E-state index in [-0.39, 0.29) is 0 Å². The van der Waals surface area contributed by atoms with Crippen molar-refractivity contribution in [1.82, 2.24) is 10.2 Å². The number of nitrogens with one attached hydrogen (secondary N) is 1. The Morgan fingerprint density at radius 2 is 1.44 bits per heavy atom. The van der Waals surface area contributed by atoms with Crippen molar-refractivity contribution in [3.8, 4) is 0 Å². The second-order valence-corrected chi connectivity index (χ2v) is 6.40. The van der Waals surface area contributed by atoms with Crippen molar-refractivity contribution < 1.29 is 0 Å². The third-order valence-corrected chi connectivity index (χ3v) is 4.82. The van der Waals surface area contributed by atoms with Crippen LogP contribution >= 0.6 is 0 Å². The maximum Gasteiger partial charge on any atom is 0.0192 e. The molecule has 1 unspecified atom stereocenters. The molecule has 0 aromatic carbocycles. The summed E-state index contributed by atoms with van der Waals surface area (Å²) in [5, 5.41) is 3.81. The zero-order chi connectivity index (χ0) is 12.6. The largest absolute Gasteiger partial charge is 0.312 e. The summed E-state index contributed by atoms with van der Waals surface area (Å²) in [6, 6.07) is 1.54. The maximum atomic E-state index is 3.81. The Hall–Kier alpha value is -0.0800. The number of rotatable bonds is 4. The minimum atomic E-state index is 0.727. The zero-order valence-corrected chi connectivity index (χ0v) is 12.3. The van der Waals surface area contributed by atoms with Gasteiger partial charge in [-0.2, -0.15) is 0 Å². The first-order valence-corrected chi connectivity index (χ1v) is 8.33. The fourth-order valence-electron chi connectivity index (χ4n) is 3.49. The van der Waals surface area contributed by atoms with Gasteiger partial charge in [-0.05, 0) is 45.7 Å². The zero-order valence-electron chi connectivity index (χ0n) is 12.3. The molecule has 2 heteroatoms. The molecule has 18 heavy (non-hydrogen) atoms. The lowest BCUT2D eigenvalue weighted by Gasteiger charge is -2.32. The van der Waals surface area contributed by atoms with E-state index in [1.54, 1.807) is 0 Å². The summed E-state index contributed by atoms with van der Waals surface area (Å²) < 4.78 is 0. The van der Waals surface area contributed by atoms with Gasteiger partial charge < -0.3 is 5.32 Å². The molecule has 0 spiro atoms. The topological polar surface area (TPSA) is 15.3 Å². The summed E-state index contributed by atoms with van der Waals surface area (Å²) >= 11 is 0. The SMILES string of the molecule is CC(CNC1CCCCC1)N1CCCCCCC1. The summed E-state index contributed by atoms with van der Waals surface area (Å²) in [5.41, 5.74) is 0. The third-order valence-electron chi connectivity index (χ3n) is 4.82. The van der Waals surface area contributed by atoms with Crippen LogP contribution in [0, 0.1) is 0 Å². The number of nitrogens with zero attached hydrogens (tertiary/aromatic N) is 1. The van der Waals surface area contributed by atoms with E-state index in [0.717, 1.165) is 12.1 Å². The lowest BCUT2D eigenvalue weighted by molar-refractivity contribution is 0.180. The fraction of sp³-hybridized carbons (Fsp3) is 1.00. The van der Waals surface area contributed by atoms with Gasteiger partial charge in [0.1, 0.15) is 0 Å². The number of likely N-dealkylation sites (tertiary alicyclic amines) is 1. The molecule has 0 aromatic heterocycles. The van der Waals surface area contributed by atoms with Crippen LogP contribution in [0.2, 0.25) is 0 Å². The molecule has 0 aromatic rings. The van der Waals surface area contributed by atoms with Crippen LogP contribution in [-0.4, -0.2) is 36.6 Å². The van der Waals surface area contributed by atoms with Crippen LogP contribution < -0.4 is 5.32 Å². The van der Waals surface area contributed by atoms with Crippen LogP contribution in [0.5, 0.6) is 0 Å². The first kappa shape index (κ1) is 14.3. The van der Waals surface area contributed by atoms with Crippen LogP contribution in [0.25, 0.3) is 0 Å². The van der Waals surface area contributed by atoms with Crippen LogP contribution in [-0.2, 0) is 0 Å². The predicted molar refractivity (Wildman–Crippen MR) is 79.0 cm³/mol. The van der Waals surface area contributed by atoms with Gasteiger partial charge in [0.15, 0.2) is 0 Å². The quantitative estimate of drug-likeness (QED) is 0.823. The Morgan fingerprint density at radius 3 is 2.11 bits per heavy atom. The molecule has 0 bridgehead atoms. The van der Waals surface area contributed by atoms with Crippen LogP contribution in [0.3, 0.4) is 0 Å². The molecule has 1 saturated heterocycles. The van der Waals surface area contributed by atoms with Crippen molar-refractivity contribution in [1.29, 1.82) is 0 Å². The minimum Gasteiger partial charge on any atom is -0.312 e. The van der Waals surface area contributed by atoms with Gasteiger partial charge in [0.25, 0.3) is 0 Å². The van der Waals surface area contributed by atoms with E-state index in [0.29, 0.717) is 0 Å². The Morgan fingerprint density at radius 1 is 0.889 bits per heavy atom. The molecule has 1 aliphatic carbocycles. The molecule has 0 amide bonds. The fourth-order valence-corrected chi connectivity index (χ4v) is 3.49. The normalized spacial score (nSPS) is 26.5. The van der Waals surface area contributed by atoms with Crippen LogP contribution in [0.1, 0.15) is 71.1 Å². The van der Waals surface area contributed by atoms with Crippen molar-refractivity contribution in [2.24, 2.45) is 0 Å². The lowest BCUT2D eigenvalue weighted by atomic mass is 9.95. The molecular formula is C16H32N2. The van der Waals surface area contributed by atoms with Crippen molar-refractivity contribution in [2.45, 2.75) is 83.2 Å². The van der Waals surface area contributed by atoms with E-state index in [1.807, 2.05) is 0 Å². The van der Waals surface area contributed by atoms with E-state index in [2.05, 4.69) is 17.1 Å². The van der Waals surface area contributed by atoms with Crippen LogP contribution in [0.4, 0.5) is 0 Å². The van der Waals surface area contributed by atoms with E-state index in [4.69, 9.17) is 0 Å². The van der Waals surface area contributed by atoms with Crippen LogP contribution in [0.15, 0.2) is 0 Å². The van der Waals surface area contributed by atoms with Gasteiger partial charge in [0.05, 0.1) is 0 Å². The standard InChI is InChI=1S/C16H32N2/c1-15(14-17-16-10-6-5-7-11-16)18-12-8-3-2-4-9-13-18/h15-17H,2-14H2,1H3. The van der Waals surface area contributed by atoms with Gasteiger partial charge in [-0.25, -0.2) is 0 Å². The second-order valence-electron chi connectivity index (χ2n) is 6.40. The monoisotopic (exact) mass is 252 g/mol. The maximum absolute atomic E-state index is 3.81. The minimum absolute atomic E-state index is 0.727. The second kappa shape index (κ2) is 8.16. The Kier molecular flexibility index (Phi) is 6.50. The summed E-state index contributed by atoms with van der Waals surface area (Å²) in [5.74, 6) is 0. The Bertz CT molecular complexity index is 203. The highest BCUT2D eigenvalue weighted by atomic mass is 15.2. The Labute approximate surface area is 114 Å². The van der Waals surface area contributed by atoms with Gasteiger partial charge in [-0.3, -0.25) is 4.90 Å². The Balaban J connectivity index is 1.66.